The Morgan fingerprint density at radius 2 is 1.73 bits per heavy atom. The molecule has 0 unspecified atom stereocenters. The third kappa shape index (κ3) is 6.83. The maximum atomic E-state index is 13.4. The molecule has 0 spiro atoms. The third-order valence-electron chi connectivity index (χ3n) is 6.45. The highest BCUT2D eigenvalue weighted by Gasteiger charge is 2.31. The molecule has 2 amide bonds. The lowest BCUT2D eigenvalue weighted by Gasteiger charge is -2.31. The first-order valence-corrected chi connectivity index (χ1v) is 12.3. The fourth-order valence-electron chi connectivity index (χ4n) is 4.49. The number of rotatable bonds is 10. The van der Waals surface area contributed by atoms with Crippen molar-refractivity contribution in [1.29, 1.82) is 0 Å². The van der Waals surface area contributed by atoms with Crippen LogP contribution in [0.3, 0.4) is 0 Å². The third-order valence-corrected chi connectivity index (χ3v) is 6.45. The summed E-state index contributed by atoms with van der Waals surface area (Å²) in [5.41, 5.74) is 3.24. The van der Waals surface area contributed by atoms with Crippen molar-refractivity contribution >= 4 is 11.8 Å². The first-order chi connectivity index (χ1) is 15.9. The molecule has 1 aliphatic rings. The summed E-state index contributed by atoms with van der Waals surface area (Å²) >= 11 is 0. The van der Waals surface area contributed by atoms with Crippen LogP contribution in [0.25, 0.3) is 0 Å². The van der Waals surface area contributed by atoms with Crippen molar-refractivity contribution in [3.63, 3.8) is 0 Å². The average Bonchev–Trinajstić information content (AvgIpc) is 3.31. The lowest BCUT2D eigenvalue weighted by atomic mass is 10.0. The van der Waals surface area contributed by atoms with E-state index in [2.05, 4.69) is 19.2 Å². The minimum absolute atomic E-state index is 0.0626. The highest BCUT2D eigenvalue weighted by atomic mass is 16.5. The molecule has 0 aliphatic heterocycles. The molecule has 2 aromatic carbocycles. The highest BCUT2D eigenvalue weighted by molar-refractivity contribution is 5.88. The molecule has 0 radical (unpaired) electrons. The van der Waals surface area contributed by atoms with E-state index in [0.717, 1.165) is 48.1 Å². The van der Waals surface area contributed by atoms with Crippen LogP contribution in [-0.4, -0.2) is 35.4 Å². The molecule has 1 aliphatic carbocycles. The number of nitrogens with one attached hydrogen (secondary N) is 1. The van der Waals surface area contributed by atoms with Gasteiger partial charge in [-0.25, -0.2) is 0 Å². The zero-order valence-corrected chi connectivity index (χ0v) is 20.5. The van der Waals surface area contributed by atoms with Gasteiger partial charge < -0.3 is 15.0 Å². The molecule has 2 aromatic rings. The van der Waals surface area contributed by atoms with Gasteiger partial charge in [0.15, 0.2) is 6.61 Å². The van der Waals surface area contributed by atoms with Gasteiger partial charge in [-0.1, -0.05) is 81.6 Å². The van der Waals surface area contributed by atoms with E-state index in [0.29, 0.717) is 18.9 Å². The second-order valence-electron chi connectivity index (χ2n) is 9.40. The lowest BCUT2D eigenvalue weighted by Crippen LogP contribution is -2.52. The molecule has 3 rings (SSSR count). The molecule has 0 aromatic heterocycles. The van der Waals surface area contributed by atoms with Gasteiger partial charge in [-0.2, -0.15) is 0 Å². The van der Waals surface area contributed by atoms with Crippen LogP contribution in [0.1, 0.15) is 75.5 Å². The van der Waals surface area contributed by atoms with E-state index in [1.807, 2.05) is 62.4 Å². The van der Waals surface area contributed by atoms with Crippen LogP contribution in [0, 0.1) is 6.92 Å². The van der Waals surface area contributed by atoms with Crippen LogP contribution in [0.15, 0.2) is 48.5 Å². The van der Waals surface area contributed by atoms with Gasteiger partial charge in [0.1, 0.15) is 11.8 Å². The number of hydrogen-bond acceptors (Lipinski definition) is 3. The van der Waals surface area contributed by atoms with E-state index in [1.54, 1.807) is 4.90 Å². The van der Waals surface area contributed by atoms with E-state index < -0.39 is 6.04 Å². The van der Waals surface area contributed by atoms with Crippen molar-refractivity contribution in [2.45, 2.75) is 84.3 Å². The quantitative estimate of drug-likeness (QED) is 0.530. The number of benzene rings is 2. The van der Waals surface area contributed by atoms with Gasteiger partial charge in [-0.05, 0) is 49.3 Å². The Labute approximate surface area is 198 Å². The fourth-order valence-corrected chi connectivity index (χ4v) is 4.49. The van der Waals surface area contributed by atoms with E-state index in [9.17, 15) is 9.59 Å². The van der Waals surface area contributed by atoms with Crippen molar-refractivity contribution < 1.29 is 14.3 Å². The Morgan fingerprint density at radius 1 is 1.06 bits per heavy atom. The van der Waals surface area contributed by atoms with Crippen LogP contribution >= 0.6 is 0 Å². The van der Waals surface area contributed by atoms with Crippen LogP contribution in [0.5, 0.6) is 5.75 Å². The highest BCUT2D eigenvalue weighted by Crippen LogP contribution is 2.26. The Bertz CT molecular complexity index is 917. The summed E-state index contributed by atoms with van der Waals surface area (Å²) in [5, 5.41) is 3.18. The molecule has 0 bridgehead atoms. The molecule has 1 saturated carbocycles. The first-order valence-electron chi connectivity index (χ1n) is 12.3. The van der Waals surface area contributed by atoms with Crippen molar-refractivity contribution in [3.05, 3.63) is 65.2 Å². The molecular weight excluding hydrogens is 412 g/mol. The number of para-hydroxylation sites is 1. The monoisotopic (exact) mass is 450 g/mol. The van der Waals surface area contributed by atoms with Crippen LogP contribution in [-0.2, 0) is 16.1 Å². The normalized spacial score (nSPS) is 14.8. The molecule has 5 nitrogen and oxygen atoms in total. The number of ether oxygens (including phenoxy) is 1. The Hall–Kier alpha value is -2.82. The van der Waals surface area contributed by atoms with Gasteiger partial charge in [0.25, 0.3) is 5.91 Å². The summed E-state index contributed by atoms with van der Waals surface area (Å²) in [6.45, 7) is 8.50. The van der Waals surface area contributed by atoms with E-state index in [4.69, 9.17) is 4.74 Å². The van der Waals surface area contributed by atoms with E-state index in [1.165, 1.54) is 0 Å². The summed E-state index contributed by atoms with van der Waals surface area (Å²) in [7, 11) is 0. The smallest absolute Gasteiger partial charge is 0.261 e. The van der Waals surface area contributed by atoms with Crippen molar-refractivity contribution in [2.75, 3.05) is 6.61 Å². The minimum atomic E-state index is -0.525. The molecule has 5 heteroatoms. The molecule has 1 atom stereocenters. The van der Waals surface area contributed by atoms with Gasteiger partial charge in [0, 0.05) is 12.6 Å². The van der Waals surface area contributed by atoms with Gasteiger partial charge in [-0.15, -0.1) is 0 Å². The van der Waals surface area contributed by atoms with E-state index >= 15 is 0 Å². The van der Waals surface area contributed by atoms with E-state index in [-0.39, 0.29) is 24.5 Å². The fraction of sp³-hybridized carbons (Fsp3) is 0.500. The summed E-state index contributed by atoms with van der Waals surface area (Å²) in [6, 6.07) is 15.6. The number of carbonyl (C=O) groups is 2. The number of hydrogen-bond donors (Lipinski definition) is 1. The first kappa shape index (κ1) is 24.8. The largest absolute Gasteiger partial charge is 0.483 e. The zero-order chi connectivity index (χ0) is 23.8. The lowest BCUT2D eigenvalue weighted by molar-refractivity contribution is -0.143. The molecular formula is C28H38N2O3. The van der Waals surface area contributed by atoms with Gasteiger partial charge in [0.2, 0.25) is 5.91 Å². The topological polar surface area (TPSA) is 58.6 Å². The van der Waals surface area contributed by atoms with Crippen molar-refractivity contribution in [2.24, 2.45) is 0 Å². The zero-order valence-electron chi connectivity index (χ0n) is 20.5. The molecule has 1 fully saturated rings. The Morgan fingerprint density at radius 3 is 2.36 bits per heavy atom. The van der Waals surface area contributed by atoms with Crippen LogP contribution < -0.4 is 10.1 Å². The van der Waals surface area contributed by atoms with Gasteiger partial charge in [0.05, 0.1) is 0 Å². The number of aryl methyl sites for hydroxylation is 1. The second-order valence-corrected chi connectivity index (χ2v) is 9.40. The summed E-state index contributed by atoms with van der Waals surface area (Å²) in [4.78, 5) is 28.3. The molecule has 0 heterocycles. The molecule has 1 N–H and O–H groups in total. The van der Waals surface area contributed by atoms with Gasteiger partial charge in [-0.3, -0.25) is 9.59 Å². The minimum Gasteiger partial charge on any atom is -0.483 e. The average molecular weight is 451 g/mol. The molecule has 0 saturated heterocycles. The van der Waals surface area contributed by atoms with Crippen molar-refractivity contribution in [1.82, 2.24) is 10.2 Å². The maximum absolute atomic E-state index is 13.4. The molecule has 33 heavy (non-hydrogen) atoms. The summed E-state index contributed by atoms with van der Waals surface area (Å²) < 4.78 is 5.98. The summed E-state index contributed by atoms with van der Waals surface area (Å²) in [5.74, 6) is 0.773. The standard InChI is InChI=1S/C28H38N2O3/c1-5-25(28(32)29-23-10-6-7-11-23)30(18-22-16-14-21(4)15-17-22)27(31)19-33-26-13-9-8-12-24(26)20(2)3/h8-9,12-17,20,23,25H,5-7,10-11,18-19H2,1-4H3,(H,29,32)/t25-/m0/s1. The predicted octanol–water partition coefficient (Wildman–Crippen LogP) is 5.36. The van der Waals surface area contributed by atoms with Crippen LogP contribution in [0.2, 0.25) is 0 Å². The number of amides is 2. The van der Waals surface area contributed by atoms with Crippen molar-refractivity contribution in [3.8, 4) is 5.75 Å². The Balaban J connectivity index is 1.78. The maximum Gasteiger partial charge on any atom is 0.261 e. The predicted molar refractivity (Wildman–Crippen MR) is 132 cm³/mol. The number of carbonyl (C=O) groups excluding carboxylic acids is 2. The second kappa shape index (κ2) is 11.9. The van der Waals surface area contributed by atoms with Crippen LogP contribution in [0.4, 0.5) is 0 Å². The molecule has 178 valence electrons. The summed E-state index contributed by atoms with van der Waals surface area (Å²) in [6.07, 6.45) is 4.89. The Kier molecular flexibility index (Phi) is 8.93. The number of nitrogens with zero attached hydrogens (tertiary/aromatic N) is 1. The van der Waals surface area contributed by atoms with Gasteiger partial charge >= 0.3 is 0 Å². The SMILES string of the molecule is CC[C@@H](C(=O)NC1CCCC1)N(Cc1ccc(C)cc1)C(=O)COc1ccccc1C(C)C.